The number of fused-ring (bicyclic) bond motifs is 2. The molecule has 3 aromatic rings. The second kappa shape index (κ2) is 9.15. The molecule has 0 aromatic heterocycles. The Morgan fingerprint density at radius 2 is 1.41 bits per heavy atom. The largest absolute Gasteiger partial charge is 0.452 e. The molecule has 5 rings (SSSR count). The Labute approximate surface area is 210 Å². The van der Waals surface area contributed by atoms with Gasteiger partial charge in [-0.25, -0.2) is 4.79 Å². The molecule has 0 spiro atoms. The number of rotatable bonds is 6. The maximum absolute atomic E-state index is 12.6. The third kappa shape index (κ3) is 4.25. The summed E-state index contributed by atoms with van der Waals surface area (Å²) in [5.41, 5.74) is 2.05. The van der Waals surface area contributed by atoms with Crippen molar-refractivity contribution in [2.45, 2.75) is 6.54 Å². The van der Waals surface area contributed by atoms with Gasteiger partial charge in [0, 0.05) is 12.7 Å². The molecule has 0 saturated carbocycles. The number of hydrogen-bond donors (Lipinski definition) is 1. The minimum absolute atomic E-state index is 0.0251. The van der Waals surface area contributed by atoms with Crippen molar-refractivity contribution in [1.82, 2.24) is 9.80 Å². The molecule has 5 amide bonds. The Morgan fingerprint density at radius 1 is 0.757 bits per heavy atom. The van der Waals surface area contributed by atoms with Gasteiger partial charge >= 0.3 is 5.97 Å². The lowest BCUT2D eigenvalue weighted by molar-refractivity contribution is -0.119. The van der Waals surface area contributed by atoms with Crippen LogP contribution >= 0.6 is 0 Å². The molecule has 10 heteroatoms. The van der Waals surface area contributed by atoms with Gasteiger partial charge in [-0.3, -0.25) is 33.8 Å². The zero-order chi connectivity index (χ0) is 26.3. The fourth-order valence-corrected chi connectivity index (χ4v) is 4.21. The van der Waals surface area contributed by atoms with Crippen molar-refractivity contribution in [2.24, 2.45) is 0 Å². The van der Waals surface area contributed by atoms with Gasteiger partial charge in [0.25, 0.3) is 29.5 Å². The van der Waals surface area contributed by atoms with E-state index in [1.807, 2.05) is 0 Å². The molecule has 0 radical (unpaired) electrons. The molecule has 2 aliphatic rings. The van der Waals surface area contributed by atoms with Crippen molar-refractivity contribution in [1.29, 1.82) is 0 Å². The van der Waals surface area contributed by atoms with Gasteiger partial charge in [-0.15, -0.1) is 0 Å². The van der Waals surface area contributed by atoms with Gasteiger partial charge in [0.1, 0.15) is 0 Å². The maximum atomic E-state index is 12.6. The molecular formula is C27H19N3O7. The number of hydrogen-bond acceptors (Lipinski definition) is 7. The van der Waals surface area contributed by atoms with E-state index in [9.17, 15) is 28.8 Å². The van der Waals surface area contributed by atoms with E-state index in [2.05, 4.69) is 5.32 Å². The molecular weight excluding hydrogens is 478 g/mol. The van der Waals surface area contributed by atoms with Crippen LogP contribution in [0.5, 0.6) is 0 Å². The molecule has 2 aliphatic heterocycles. The normalized spacial score (nSPS) is 14.1. The van der Waals surface area contributed by atoms with E-state index in [0.717, 1.165) is 9.80 Å². The van der Waals surface area contributed by atoms with E-state index in [4.69, 9.17) is 4.74 Å². The summed E-state index contributed by atoms with van der Waals surface area (Å²) in [6.45, 7) is -0.617. The third-order valence-electron chi connectivity index (χ3n) is 6.09. The van der Waals surface area contributed by atoms with E-state index < -0.39 is 42.1 Å². The Kier molecular flexibility index (Phi) is 5.84. The fourth-order valence-electron chi connectivity index (χ4n) is 4.21. The molecule has 3 aromatic carbocycles. The highest BCUT2D eigenvalue weighted by atomic mass is 16.5. The number of anilines is 1. The monoisotopic (exact) mass is 497 g/mol. The minimum atomic E-state index is -0.768. The number of carbonyl (C=O) groups is 6. The van der Waals surface area contributed by atoms with Crippen LogP contribution in [0.2, 0.25) is 0 Å². The zero-order valence-electron chi connectivity index (χ0n) is 19.5. The Balaban J connectivity index is 1.20. The molecule has 0 aliphatic carbocycles. The SMILES string of the molecule is CN1C(=O)c2ccc(NC(=O)COC(=O)c3cccc(CN4C(=O)c5ccccc5C4=O)c3)cc2C1=O. The summed E-state index contributed by atoms with van der Waals surface area (Å²) < 4.78 is 5.10. The number of ether oxygens (including phenoxy) is 1. The molecule has 10 nitrogen and oxygen atoms in total. The predicted octanol–water partition coefficient (Wildman–Crippen LogP) is 2.50. The average molecular weight is 497 g/mol. The number of imide groups is 2. The first kappa shape index (κ1) is 23.6. The van der Waals surface area contributed by atoms with E-state index in [0.29, 0.717) is 16.7 Å². The number of benzene rings is 3. The maximum Gasteiger partial charge on any atom is 0.338 e. The Morgan fingerprint density at radius 3 is 2.11 bits per heavy atom. The minimum Gasteiger partial charge on any atom is -0.452 e. The second-order valence-corrected chi connectivity index (χ2v) is 8.50. The summed E-state index contributed by atoms with van der Waals surface area (Å²) in [5.74, 6) is -3.11. The first-order valence-corrected chi connectivity index (χ1v) is 11.2. The van der Waals surface area contributed by atoms with Crippen LogP contribution in [0.15, 0.2) is 66.7 Å². The third-order valence-corrected chi connectivity index (χ3v) is 6.09. The summed E-state index contributed by atoms with van der Waals surface area (Å²) in [6, 6.07) is 17.1. The van der Waals surface area contributed by atoms with Crippen LogP contribution in [0.4, 0.5) is 5.69 Å². The summed E-state index contributed by atoms with van der Waals surface area (Å²) in [4.78, 5) is 76.2. The lowest BCUT2D eigenvalue weighted by Crippen LogP contribution is -2.29. The topological polar surface area (TPSA) is 130 Å². The van der Waals surface area contributed by atoms with Crippen LogP contribution in [0.1, 0.15) is 57.4 Å². The number of nitrogens with zero attached hydrogens (tertiary/aromatic N) is 2. The van der Waals surface area contributed by atoms with Crippen molar-refractivity contribution in [3.8, 4) is 0 Å². The summed E-state index contributed by atoms with van der Waals surface area (Å²) in [6.07, 6.45) is 0. The van der Waals surface area contributed by atoms with Crippen LogP contribution in [0, 0.1) is 0 Å². The van der Waals surface area contributed by atoms with Gasteiger partial charge in [0.2, 0.25) is 0 Å². The fraction of sp³-hybridized carbons (Fsp3) is 0.111. The van der Waals surface area contributed by atoms with Gasteiger partial charge in [-0.05, 0) is 48.0 Å². The lowest BCUT2D eigenvalue weighted by Gasteiger charge is -2.14. The molecule has 184 valence electrons. The predicted molar refractivity (Wildman–Crippen MR) is 129 cm³/mol. The smallest absolute Gasteiger partial charge is 0.338 e. The van der Waals surface area contributed by atoms with Crippen molar-refractivity contribution in [2.75, 3.05) is 19.0 Å². The highest BCUT2D eigenvalue weighted by Gasteiger charge is 2.35. The van der Waals surface area contributed by atoms with Crippen LogP contribution < -0.4 is 5.32 Å². The van der Waals surface area contributed by atoms with Crippen molar-refractivity contribution in [3.05, 3.63) is 100 Å². The summed E-state index contributed by atoms with van der Waals surface area (Å²) >= 11 is 0. The van der Waals surface area contributed by atoms with E-state index in [-0.39, 0.29) is 28.9 Å². The van der Waals surface area contributed by atoms with Crippen molar-refractivity contribution >= 4 is 41.2 Å². The lowest BCUT2D eigenvalue weighted by atomic mass is 10.1. The average Bonchev–Trinajstić information content (AvgIpc) is 3.27. The van der Waals surface area contributed by atoms with Gasteiger partial charge in [0.05, 0.1) is 34.4 Å². The summed E-state index contributed by atoms with van der Waals surface area (Å²) in [7, 11) is 1.37. The molecule has 2 heterocycles. The quantitative estimate of drug-likeness (QED) is 0.409. The zero-order valence-corrected chi connectivity index (χ0v) is 19.5. The van der Waals surface area contributed by atoms with E-state index in [1.165, 1.54) is 37.4 Å². The van der Waals surface area contributed by atoms with Crippen LogP contribution in [0.25, 0.3) is 0 Å². The molecule has 0 saturated heterocycles. The first-order valence-electron chi connectivity index (χ1n) is 11.2. The highest BCUT2D eigenvalue weighted by Crippen LogP contribution is 2.26. The van der Waals surface area contributed by atoms with Crippen molar-refractivity contribution < 1.29 is 33.5 Å². The molecule has 0 bridgehead atoms. The standard InChI is InChI=1S/C27H19N3O7/c1-29-23(32)20-10-9-17(12-21(20)24(29)33)28-22(31)14-37-27(36)16-6-4-5-15(11-16)13-30-25(34)18-7-2-3-8-19(18)26(30)35/h2-12H,13-14H2,1H3,(H,28,31). The number of nitrogens with one attached hydrogen (secondary N) is 1. The van der Waals surface area contributed by atoms with Crippen LogP contribution in [-0.2, 0) is 16.1 Å². The number of esters is 1. The summed E-state index contributed by atoms with van der Waals surface area (Å²) in [5, 5.41) is 2.53. The first-order chi connectivity index (χ1) is 17.7. The van der Waals surface area contributed by atoms with E-state index >= 15 is 0 Å². The van der Waals surface area contributed by atoms with Crippen molar-refractivity contribution in [3.63, 3.8) is 0 Å². The Hall–Kier alpha value is -5.12. The van der Waals surface area contributed by atoms with E-state index in [1.54, 1.807) is 36.4 Å². The second-order valence-electron chi connectivity index (χ2n) is 8.50. The van der Waals surface area contributed by atoms with Crippen LogP contribution in [0.3, 0.4) is 0 Å². The molecule has 0 fully saturated rings. The highest BCUT2D eigenvalue weighted by molar-refractivity contribution is 6.22. The number of amides is 5. The molecule has 1 N–H and O–H groups in total. The number of carbonyl (C=O) groups excluding carboxylic acids is 6. The molecule has 37 heavy (non-hydrogen) atoms. The van der Waals surface area contributed by atoms with Gasteiger partial charge < -0.3 is 10.1 Å². The molecule has 0 atom stereocenters. The van der Waals surface area contributed by atoms with Gasteiger partial charge in [-0.2, -0.15) is 0 Å². The Bertz CT molecular complexity index is 1490. The van der Waals surface area contributed by atoms with Gasteiger partial charge in [0.15, 0.2) is 6.61 Å². The molecule has 0 unspecified atom stereocenters. The van der Waals surface area contributed by atoms with Crippen LogP contribution in [-0.4, -0.2) is 59.0 Å². The van der Waals surface area contributed by atoms with Gasteiger partial charge in [-0.1, -0.05) is 24.3 Å².